The minimum Gasteiger partial charge on any atom is -0.396 e. The summed E-state index contributed by atoms with van der Waals surface area (Å²) < 4.78 is 14.8. The van der Waals surface area contributed by atoms with Crippen LogP contribution in [0.15, 0.2) is 24.3 Å². The van der Waals surface area contributed by atoms with Gasteiger partial charge < -0.3 is 5.73 Å². The van der Waals surface area contributed by atoms with E-state index in [1.807, 2.05) is 19.9 Å². The number of aryl methyl sites for hydroxylation is 1. The van der Waals surface area contributed by atoms with E-state index in [1.54, 1.807) is 10.7 Å². The zero-order chi connectivity index (χ0) is 11.7. The second-order valence-electron chi connectivity index (χ2n) is 3.87. The van der Waals surface area contributed by atoms with Gasteiger partial charge in [0, 0.05) is 0 Å². The Morgan fingerprint density at radius 3 is 2.69 bits per heavy atom. The minimum absolute atomic E-state index is 0.230. The molecule has 3 nitrogen and oxygen atoms in total. The predicted molar refractivity (Wildman–Crippen MR) is 61.6 cm³/mol. The Morgan fingerprint density at radius 1 is 1.38 bits per heavy atom. The van der Waals surface area contributed by atoms with Crippen LogP contribution >= 0.6 is 0 Å². The average molecular weight is 219 g/mol. The summed E-state index contributed by atoms with van der Waals surface area (Å²) in [7, 11) is 0. The van der Waals surface area contributed by atoms with Gasteiger partial charge in [-0.1, -0.05) is 12.1 Å². The summed E-state index contributed by atoms with van der Waals surface area (Å²) in [5.41, 5.74) is 9.15. The maximum Gasteiger partial charge on any atom is 0.123 e. The molecule has 2 aromatic rings. The van der Waals surface area contributed by atoms with E-state index in [9.17, 15) is 4.39 Å². The zero-order valence-corrected chi connectivity index (χ0v) is 9.37. The van der Waals surface area contributed by atoms with E-state index in [1.165, 1.54) is 12.1 Å². The molecule has 2 rings (SSSR count). The lowest BCUT2D eigenvalue weighted by atomic mass is 10.2. The molecule has 0 spiro atoms. The molecule has 0 unspecified atom stereocenters. The Bertz CT molecular complexity index is 517. The monoisotopic (exact) mass is 219 g/mol. The number of hydrogen-bond acceptors (Lipinski definition) is 2. The number of benzene rings is 1. The summed E-state index contributed by atoms with van der Waals surface area (Å²) >= 11 is 0. The third-order valence-corrected chi connectivity index (χ3v) is 2.66. The second kappa shape index (κ2) is 3.96. The molecule has 0 aliphatic rings. The van der Waals surface area contributed by atoms with Crippen LogP contribution in [0.4, 0.5) is 10.1 Å². The first-order valence-electron chi connectivity index (χ1n) is 5.12. The Labute approximate surface area is 93.7 Å². The van der Waals surface area contributed by atoms with E-state index in [2.05, 4.69) is 5.10 Å². The molecule has 0 atom stereocenters. The number of rotatable bonds is 2. The third kappa shape index (κ3) is 1.91. The summed E-state index contributed by atoms with van der Waals surface area (Å²) in [6.45, 7) is 4.32. The Morgan fingerprint density at radius 2 is 2.12 bits per heavy atom. The highest BCUT2D eigenvalue weighted by Gasteiger charge is 2.08. The number of nitrogens with zero attached hydrogens (tertiary/aromatic N) is 2. The highest BCUT2D eigenvalue weighted by atomic mass is 19.1. The van der Waals surface area contributed by atoms with Gasteiger partial charge in [-0.25, -0.2) is 4.39 Å². The Hall–Kier alpha value is -1.84. The van der Waals surface area contributed by atoms with Gasteiger partial charge >= 0.3 is 0 Å². The van der Waals surface area contributed by atoms with E-state index in [4.69, 9.17) is 5.73 Å². The van der Waals surface area contributed by atoms with Crippen molar-refractivity contribution in [2.24, 2.45) is 0 Å². The molecule has 0 saturated heterocycles. The van der Waals surface area contributed by atoms with Crippen LogP contribution in [0, 0.1) is 19.7 Å². The normalized spacial score (nSPS) is 10.7. The van der Waals surface area contributed by atoms with Gasteiger partial charge in [0.1, 0.15) is 5.82 Å². The number of nitrogens with two attached hydrogens (primary N) is 1. The van der Waals surface area contributed by atoms with Crippen LogP contribution in [0.2, 0.25) is 0 Å². The zero-order valence-electron chi connectivity index (χ0n) is 9.37. The molecule has 0 amide bonds. The summed E-state index contributed by atoms with van der Waals surface area (Å²) in [5, 5.41) is 4.30. The molecule has 0 aliphatic heterocycles. The highest BCUT2D eigenvalue weighted by molar-refractivity contribution is 5.47. The molecular formula is C12H14FN3. The summed E-state index contributed by atoms with van der Waals surface area (Å²) in [4.78, 5) is 0. The maximum atomic E-state index is 13.0. The Balaban J connectivity index is 2.30. The lowest BCUT2D eigenvalue weighted by molar-refractivity contribution is 0.616. The molecule has 0 radical (unpaired) electrons. The summed E-state index contributed by atoms with van der Waals surface area (Å²) in [5.74, 6) is -0.230. The average Bonchev–Trinajstić information content (AvgIpc) is 2.47. The van der Waals surface area contributed by atoms with Crippen molar-refractivity contribution in [1.82, 2.24) is 9.78 Å². The van der Waals surface area contributed by atoms with E-state index >= 15 is 0 Å². The first-order valence-corrected chi connectivity index (χ1v) is 5.12. The van der Waals surface area contributed by atoms with Crippen LogP contribution < -0.4 is 5.73 Å². The predicted octanol–water partition coefficient (Wildman–Crippen LogP) is 2.27. The van der Waals surface area contributed by atoms with E-state index in [0.29, 0.717) is 12.2 Å². The van der Waals surface area contributed by atoms with Crippen molar-refractivity contribution in [2.45, 2.75) is 20.4 Å². The fourth-order valence-corrected chi connectivity index (χ4v) is 1.67. The molecule has 1 aromatic carbocycles. The van der Waals surface area contributed by atoms with Crippen molar-refractivity contribution in [2.75, 3.05) is 5.73 Å². The van der Waals surface area contributed by atoms with Crippen molar-refractivity contribution in [3.63, 3.8) is 0 Å². The molecule has 0 fully saturated rings. The third-order valence-electron chi connectivity index (χ3n) is 2.66. The fraction of sp³-hybridized carbons (Fsp3) is 0.250. The molecule has 2 N–H and O–H groups in total. The molecule has 0 saturated carbocycles. The van der Waals surface area contributed by atoms with Gasteiger partial charge in [-0.05, 0) is 31.5 Å². The van der Waals surface area contributed by atoms with Crippen LogP contribution in [-0.2, 0) is 6.54 Å². The van der Waals surface area contributed by atoms with Crippen molar-refractivity contribution < 1.29 is 4.39 Å². The molecule has 1 aromatic heterocycles. The molecule has 84 valence electrons. The number of aromatic nitrogens is 2. The molecule has 16 heavy (non-hydrogen) atoms. The largest absolute Gasteiger partial charge is 0.396 e. The van der Waals surface area contributed by atoms with Crippen LogP contribution in [0.25, 0.3) is 0 Å². The van der Waals surface area contributed by atoms with Crippen molar-refractivity contribution in [3.05, 3.63) is 47.0 Å². The summed E-state index contributed by atoms with van der Waals surface area (Å²) in [6, 6.07) is 6.50. The number of hydrogen-bond donors (Lipinski definition) is 1. The van der Waals surface area contributed by atoms with Crippen molar-refractivity contribution >= 4 is 5.69 Å². The molecule has 0 aliphatic carbocycles. The van der Waals surface area contributed by atoms with Crippen LogP contribution in [0.5, 0.6) is 0 Å². The van der Waals surface area contributed by atoms with Gasteiger partial charge in [0.15, 0.2) is 0 Å². The van der Waals surface area contributed by atoms with E-state index < -0.39 is 0 Å². The topological polar surface area (TPSA) is 43.8 Å². The van der Waals surface area contributed by atoms with Crippen molar-refractivity contribution in [1.29, 1.82) is 0 Å². The van der Waals surface area contributed by atoms with Gasteiger partial charge in [0.05, 0.1) is 23.6 Å². The SMILES string of the molecule is Cc1nn(Cc2cccc(F)c2)c(C)c1N. The van der Waals surface area contributed by atoms with Crippen LogP contribution in [0.1, 0.15) is 17.0 Å². The standard InChI is InChI=1S/C12H14FN3/c1-8-12(14)9(2)16(15-8)7-10-4-3-5-11(13)6-10/h3-6H,7,14H2,1-2H3. The van der Waals surface area contributed by atoms with Crippen LogP contribution in [-0.4, -0.2) is 9.78 Å². The highest BCUT2D eigenvalue weighted by Crippen LogP contribution is 2.16. The lowest BCUT2D eigenvalue weighted by Crippen LogP contribution is -2.04. The lowest BCUT2D eigenvalue weighted by Gasteiger charge is -2.04. The van der Waals surface area contributed by atoms with Gasteiger partial charge in [-0.2, -0.15) is 5.10 Å². The quantitative estimate of drug-likeness (QED) is 0.842. The van der Waals surface area contributed by atoms with Gasteiger partial charge in [0.2, 0.25) is 0 Å². The first kappa shape index (κ1) is 10.7. The van der Waals surface area contributed by atoms with Gasteiger partial charge in [-0.15, -0.1) is 0 Å². The van der Waals surface area contributed by atoms with Gasteiger partial charge in [-0.3, -0.25) is 4.68 Å². The first-order chi connectivity index (χ1) is 7.58. The Kier molecular flexibility index (Phi) is 2.64. The maximum absolute atomic E-state index is 13.0. The van der Waals surface area contributed by atoms with Gasteiger partial charge in [0.25, 0.3) is 0 Å². The molecule has 0 bridgehead atoms. The molecule has 1 heterocycles. The van der Waals surface area contributed by atoms with Crippen molar-refractivity contribution in [3.8, 4) is 0 Å². The minimum atomic E-state index is -0.230. The van der Waals surface area contributed by atoms with E-state index in [-0.39, 0.29) is 5.82 Å². The number of nitrogen functional groups attached to an aromatic ring is 1. The number of anilines is 1. The molecular weight excluding hydrogens is 205 g/mol. The number of halogens is 1. The molecule has 4 heteroatoms. The second-order valence-corrected chi connectivity index (χ2v) is 3.87. The van der Waals surface area contributed by atoms with Crippen LogP contribution in [0.3, 0.4) is 0 Å². The smallest absolute Gasteiger partial charge is 0.123 e. The summed E-state index contributed by atoms with van der Waals surface area (Å²) in [6.07, 6.45) is 0. The fourth-order valence-electron chi connectivity index (χ4n) is 1.67. The van der Waals surface area contributed by atoms with E-state index in [0.717, 1.165) is 17.0 Å².